The number of aromatic nitrogens is 2. The van der Waals surface area contributed by atoms with Crippen molar-refractivity contribution in [2.75, 3.05) is 38.3 Å². The summed E-state index contributed by atoms with van der Waals surface area (Å²) in [5, 5.41) is 11.2. The molecule has 0 fully saturated rings. The van der Waals surface area contributed by atoms with Crippen molar-refractivity contribution in [1.29, 1.82) is 0 Å². The van der Waals surface area contributed by atoms with E-state index in [1.54, 1.807) is 7.11 Å². The maximum atomic E-state index is 5.57. The van der Waals surface area contributed by atoms with Crippen LogP contribution in [0.1, 0.15) is 26.2 Å². The van der Waals surface area contributed by atoms with Gasteiger partial charge in [-0.2, -0.15) is 0 Å². The van der Waals surface area contributed by atoms with Crippen LogP contribution in [0.2, 0.25) is 0 Å². The molecule has 0 aliphatic carbocycles. The van der Waals surface area contributed by atoms with Crippen LogP contribution < -0.4 is 10.2 Å². The van der Waals surface area contributed by atoms with Gasteiger partial charge in [-0.1, -0.05) is 12.0 Å². The Bertz CT molecular complexity index is 303. The fourth-order valence-corrected chi connectivity index (χ4v) is 1.47. The maximum absolute atomic E-state index is 5.57. The number of nitrogens with one attached hydrogen (secondary N) is 1. The van der Waals surface area contributed by atoms with Crippen LogP contribution in [0.5, 0.6) is 0 Å². The lowest BCUT2D eigenvalue weighted by Gasteiger charge is -2.15. The van der Waals surface area contributed by atoms with Crippen LogP contribution in [-0.2, 0) is 11.3 Å². The zero-order valence-corrected chi connectivity index (χ0v) is 10.9. The lowest BCUT2D eigenvalue weighted by atomic mass is 10.4. The molecule has 98 valence electrons. The summed E-state index contributed by atoms with van der Waals surface area (Å²) in [6.45, 7) is 8.07. The Labute approximate surface area is 102 Å². The third kappa shape index (κ3) is 4.70. The highest BCUT2D eigenvalue weighted by Gasteiger charge is 2.11. The molecule has 0 spiro atoms. The van der Waals surface area contributed by atoms with Crippen molar-refractivity contribution in [3.63, 3.8) is 0 Å². The third-order valence-electron chi connectivity index (χ3n) is 2.36. The lowest BCUT2D eigenvalue weighted by Crippen LogP contribution is -2.23. The molecule has 1 aromatic heterocycles. The quantitative estimate of drug-likeness (QED) is 0.653. The minimum absolute atomic E-state index is 0.583. The number of hydrogen-bond donors (Lipinski definition) is 1. The summed E-state index contributed by atoms with van der Waals surface area (Å²) in [5.41, 5.74) is 0. The van der Waals surface area contributed by atoms with E-state index in [2.05, 4.69) is 34.3 Å². The highest BCUT2D eigenvalue weighted by Crippen LogP contribution is 2.11. The van der Waals surface area contributed by atoms with Crippen LogP contribution in [-0.4, -0.2) is 43.5 Å². The first-order chi connectivity index (χ1) is 8.31. The van der Waals surface area contributed by atoms with Crippen molar-refractivity contribution in [2.24, 2.45) is 0 Å². The SMILES string of the molecule is CCCN(CC)c1nnc(CNCCOC)o1. The molecule has 1 heterocycles. The first-order valence-corrected chi connectivity index (χ1v) is 6.08. The Balaban J connectivity index is 2.40. The van der Waals surface area contributed by atoms with Gasteiger partial charge in [0.05, 0.1) is 13.2 Å². The second-order valence-corrected chi connectivity index (χ2v) is 3.73. The highest BCUT2D eigenvalue weighted by molar-refractivity contribution is 5.22. The molecule has 0 saturated heterocycles. The van der Waals surface area contributed by atoms with E-state index in [1.165, 1.54) is 0 Å². The van der Waals surface area contributed by atoms with Gasteiger partial charge in [-0.3, -0.25) is 0 Å². The Morgan fingerprint density at radius 3 is 2.82 bits per heavy atom. The number of hydrogen-bond acceptors (Lipinski definition) is 6. The van der Waals surface area contributed by atoms with Gasteiger partial charge < -0.3 is 19.4 Å². The fraction of sp³-hybridized carbons (Fsp3) is 0.818. The van der Waals surface area contributed by atoms with Crippen molar-refractivity contribution in [3.05, 3.63) is 5.89 Å². The molecule has 0 aliphatic heterocycles. The molecule has 0 bridgehead atoms. The summed E-state index contributed by atoms with van der Waals surface area (Å²) in [7, 11) is 1.68. The molecular formula is C11H22N4O2. The fourth-order valence-electron chi connectivity index (χ4n) is 1.47. The van der Waals surface area contributed by atoms with Crippen LogP contribution in [0.3, 0.4) is 0 Å². The Morgan fingerprint density at radius 1 is 1.35 bits per heavy atom. The summed E-state index contributed by atoms with van der Waals surface area (Å²) in [6, 6.07) is 0.609. The molecule has 0 atom stereocenters. The molecule has 0 unspecified atom stereocenters. The van der Waals surface area contributed by atoms with E-state index in [1.807, 2.05) is 0 Å². The molecule has 6 nitrogen and oxygen atoms in total. The van der Waals surface area contributed by atoms with E-state index in [-0.39, 0.29) is 0 Å². The van der Waals surface area contributed by atoms with E-state index < -0.39 is 0 Å². The van der Waals surface area contributed by atoms with Gasteiger partial charge >= 0.3 is 6.01 Å². The second-order valence-electron chi connectivity index (χ2n) is 3.73. The number of rotatable bonds is 9. The van der Waals surface area contributed by atoms with Gasteiger partial charge in [0.2, 0.25) is 5.89 Å². The van der Waals surface area contributed by atoms with Crippen LogP contribution in [0, 0.1) is 0 Å². The predicted molar refractivity (Wildman–Crippen MR) is 66.1 cm³/mol. The monoisotopic (exact) mass is 242 g/mol. The summed E-state index contributed by atoms with van der Waals surface area (Å²) in [4.78, 5) is 2.08. The highest BCUT2D eigenvalue weighted by atomic mass is 16.5. The molecule has 1 rings (SSSR count). The first kappa shape index (κ1) is 13.9. The van der Waals surface area contributed by atoms with Gasteiger partial charge in [0.15, 0.2) is 0 Å². The number of ether oxygens (including phenoxy) is 1. The molecule has 6 heteroatoms. The second kappa shape index (κ2) is 8.03. The minimum Gasteiger partial charge on any atom is -0.407 e. The standard InChI is InChI=1S/C11H22N4O2/c1-4-7-15(5-2)11-14-13-10(17-11)9-12-6-8-16-3/h12H,4-9H2,1-3H3. The molecule has 0 saturated carbocycles. The Morgan fingerprint density at radius 2 is 2.18 bits per heavy atom. The van der Waals surface area contributed by atoms with Gasteiger partial charge in [-0.15, -0.1) is 5.10 Å². The van der Waals surface area contributed by atoms with Crippen molar-refractivity contribution in [2.45, 2.75) is 26.8 Å². The van der Waals surface area contributed by atoms with Crippen molar-refractivity contribution >= 4 is 6.01 Å². The van der Waals surface area contributed by atoms with Crippen LogP contribution in [0.25, 0.3) is 0 Å². The van der Waals surface area contributed by atoms with Gasteiger partial charge in [0.1, 0.15) is 0 Å². The molecule has 0 amide bonds. The molecule has 1 aromatic rings. The van der Waals surface area contributed by atoms with E-state index in [0.29, 0.717) is 25.1 Å². The number of methoxy groups -OCH3 is 1. The van der Waals surface area contributed by atoms with Gasteiger partial charge in [-0.25, -0.2) is 0 Å². The minimum atomic E-state index is 0.583. The normalized spacial score (nSPS) is 10.8. The molecule has 0 aromatic carbocycles. The van der Waals surface area contributed by atoms with E-state index in [0.717, 1.165) is 26.1 Å². The van der Waals surface area contributed by atoms with Gasteiger partial charge in [0, 0.05) is 26.7 Å². The van der Waals surface area contributed by atoms with E-state index in [4.69, 9.17) is 9.15 Å². The first-order valence-electron chi connectivity index (χ1n) is 6.08. The lowest BCUT2D eigenvalue weighted by molar-refractivity contribution is 0.198. The van der Waals surface area contributed by atoms with Crippen LogP contribution in [0.15, 0.2) is 4.42 Å². The van der Waals surface area contributed by atoms with Crippen LogP contribution >= 0.6 is 0 Å². The van der Waals surface area contributed by atoms with Crippen molar-refractivity contribution in [1.82, 2.24) is 15.5 Å². The zero-order valence-electron chi connectivity index (χ0n) is 10.9. The van der Waals surface area contributed by atoms with E-state index in [9.17, 15) is 0 Å². The zero-order chi connectivity index (χ0) is 12.5. The summed E-state index contributed by atoms with van der Waals surface area (Å²) in [6.07, 6.45) is 1.07. The average molecular weight is 242 g/mol. The summed E-state index contributed by atoms with van der Waals surface area (Å²) < 4.78 is 10.5. The third-order valence-corrected chi connectivity index (χ3v) is 2.36. The largest absolute Gasteiger partial charge is 0.407 e. The summed E-state index contributed by atoms with van der Waals surface area (Å²) in [5.74, 6) is 0.616. The van der Waals surface area contributed by atoms with Gasteiger partial charge in [0.25, 0.3) is 0 Å². The van der Waals surface area contributed by atoms with Crippen molar-refractivity contribution < 1.29 is 9.15 Å². The Hall–Kier alpha value is -1.14. The smallest absolute Gasteiger partial charge is 0.318 e. The number of anilines is 1. The molecular weight excluding hydrogens is 220 g/mol. The maximum Gasteiger partial charge on any atom is 0.318 e. The molecule has 0 aliphatic rings. The summed E-state index contributed by atoms with van der Waals surface area (Å²) >= 11 is 0. The molecule has 17 heavy (non-hydrogen) atoms. The average Bonchev–Trinajstić information content (AvgIpc) is 2.80. The topological polar surface area (TPSA) is 63.4 Å². The number of nitrogens with zero attached hydrogens (tertiary/aromatic N) is 3. The van der Waals surface area contributed by atoms with Crippen LogP contribution in [0.4, 0.5) is 6.01 Å². The molecule has 0 radical (unpaired) electrons. The molecule has 1 N–H and O–H groups in total. The van der Waals surface area contributed by atoms with E-state index >= 15 is 0 Å². The van der Waals surface area contributed by atoms with Crippen molar-refractivity contribution in [3.8, 4) is 0 Å². The predicted octanol–water partition coefficient (Wildman–Crippen LogP) is 1.04. The Kier molecular flexibility index (Phi) is 6.57. The van der Waals surface area contributed by atoms with Gasteiger partial charge in [-0.05, 0) is 13.3 Å².